The number of hydrogen-bond acceptors (Lipinski definition) is 5. The molecular formula is C18H25N3O4. The van der Waals surface area contributed by atoms with Crippen molar-refractivity contribution in [2.24, 2.45) is 0 Å². The third-order valence-electron chi connectivity index (χ3n) is 3.86. The van der Waals surface area contributed by atoms with Crippen LogP contribution >= 0.6 is 0 Å². The van der Waals surface area contributed by atoms with Crippen molar-refractivity contribution in [2.75, 3.05) is 32.6 Å². The highest BCUT2D eigenvalue weighted by atomic mass is 16.3. The molecule has 0 bridgehead atoms. The lowest BCUT2D eigenvalue weighted by Crippen LogP contribution is -2.47. The largest absolute Gasteiger partial charge is 0.395 e. The summed E-state index contributed by atoms with van der Waals surface area (Å²) in [6.07, 6.45) is 3.29. The molecule has 25 heavy (non-hydrogen) atoms. The Morgan fingerprint density at radius 1 is 1.40 bits per heavy atom. The lowest BCUT2D eigenvalue weighted by molar-refractivity contribution is -0.125. The molecule has 7 nitrogen and oxygen atoms in total. The van der Waals surface area contributed by atoms with Gasteiger partial charge in [-0.25, -0.2) is 0 Å². The van der Waals surface area contributed by atoms with E-state index in [2.05, 4.69) is 17.2 Å². The van der Waals surface area contributed by atoms with E-state index >= 15 is 0 Å². The third-order valence-corrected chi connectivity index (χ3v) is 3.86. The zero-order chi connectivity index (χ0) is 18.8. The average Bonchev–Trinajstić information content (AvgIpc) is 2.64. The van der Waals surface area contributed by atoms with Crippen LogP contribution in [0.25, 0.3) is 0 Å². The van der Waals surface area contributed by atoms with E-state index in [4.69, 9.17) is 5.11 Å². The topological polar surface area (TPSA) is 98.7 Å². The summed E-state index contributed by atoms with van der Waals surface area (Å²) in [6, 6.07) is 4.18. The quantitative estimate of drug-likeness (QED) is 0.434. The zero-order valence-corrected chi connectivity index (χ0v) is 14.6. The minimum Gasteiger partial charge on any atom is -0.395 e. The van der Waals surface area contributed by atoms with Crippen molar-refractivity contribution < 1.29 is 19.5 Å². The SMILES string of the molecule is C=CCCC(C(=O)NC)N(C)C(=O)c1cccc(NCCO)c1C=O. The first-order valence-corrected chi connectivity index (χ1v) is 8.04. The van der Waals surface area contributed by atoms with E-state index in [0.29, 0.717) is 24.8 Å². The minimum atomic E-state index is -0.663. The molecule has 0 aliphatic carbocycles. The molecule has 0 spiro atoms. The Kier molecular flexibility index (Phi) is 8.35. The Labute approximate surface area is 147 Å². The zero-order valence-electron chi connectivity index (χ0n) is 14.6. The molecule has 1 rings (SSSR count). The number of allylic oxidation sites excluding steroid dienone is 1. The van der Waals surface area contributed by atoms with Gasteiger partial charge in [0.25, 0.3) is 5.91 Å². The molecule has 1 atom stereocenters. The Bertz CT molecular complexity index is 631. The molecule has 0 saturated carbocycles. The van der Waals surface area contributed by atoms with Crippen LogP contribution in [0.5, 0.6) is 0 Å². The van der Waals surface area contributed by atoms with E-state index < -0.39 is 11.9 Å². The normalized spacial score (nSPS) is 11.3. The number of aliphatic hydroxyl groups excluding tert-OH is 1. The maximum absolute atomic E-state index is 12.9. The first-order chi connectivity index (χ1) is 12.0. The van der Waals surface area contributed by atoms with Crippen molar-refractivity contribution in [1.82, 2.24) is 10.2 Å². The van der Waals surface area contributed by atoms with Gasteiger partial charge < -0.3 is 20.6 Å². The van der Waals surface area contributed by atoms with Crippen LogP contribution in [-0.4, -0.2) is 61.4 Å². The number of aliphatic hydroxyl groups is 1. The predicted octanol–water partition coefficient (Wildman–Crippen LogP) is 1.06. The second-order valence-corrected chi connectivity index (χ2v) is 5.45. The van der Waals surface area contributed by atoms with Crippen molar-refractivity contribution in [1.29, 1.82) is 0 Å². The fourth-order valence-electron chi connectivity index (χ4n) is 2.50. The van der Waals surface area contributed by atoms with E-state index in [-0.39, 0.29) is 30.2 Å². The number of benzene rings is 1. The summed E-state index contributed by atoms with van der Waals surface area (Å²) in [5, 5.41) is 14.4. The van der Waals surface area contributed by atoms with Crippen molar-refractivity contribution in [3.63, 3.8) is 0 Å². The number of hydrogen-bond donors (Lipinski definition) is 3. The maximum atomic E-state index is 12.9. The second-order valence-electron chi connectivity index (χ2n) is 5.45. The number of carbonyl (C=O) groups is 3. The summed E-state index contributed by atoms with van der Waals surface area (Å²) in [5.74, 6) is -0.702. The number of nitrogens with zero attached hydrogens (tertiary/aromatic N) is 1. The third kappa shape index (κ3) is 5.15. The first-order valence-electron chi connectivity index (χ1n) is 8.04. The van der Waals surface area contributed by atoms with Crippen LogP contribution in [0.4, 0.5) is 5.69 Å². The number of likely N-dealkylation sites (N-methyl/N-ethyl adjacent to an activating group) is 2. The molecule has 0 radical (unpaired) electrons. The Hall–Kier alpha value is -2.67. The van der Waals surface area contributed by atoms with E-state index in [0.717, 1.165) is 0 Å². The molecule has 0 fully saturated rings. The van der Waals surface area contributed by atoms with Gasteiger partial charge in [-0.05, 0) is 25.0 Å². The first kappa shape index (κ1) is 20.4. The van der Waals surface area contributed by atoms with E-state index in [1.165, 1.54) is 19.0 Å². The number of aldehydes is 1. The fourth-order valence-corrected chi connectivity index (χ4v) is 2.50. The van der Waals surface area contributed by atoms with E-state index in [1.807, 2.05) is 0 Å². The summed E-state index contributed by atoms with van der Waals surface area (Å²) in [4.78, 5) is 37.8. The highest BCUT2D eigenvalue weighted by Crippen LogP contribution is 2.21. The molecule has 0 aromatic heterocycles. The lowest BCUT2D eigenvalue weighted by atomic mass is 10.0. The van der Waals surface area contributed by atoms with Crippen molar-refractivity contribution in [3.8, 4) is 0 Å². The van der Waals surface area contributed by atoms with Crippen molar-refractivity contribution in [2.45, 2.75) is 18.9 Å². The van der Waals surface area contributed by atoms with Gasteiger partial charge >= 0.3 is 0 Å². The van der Waals surface area contributed by atoms with Crippen LogP contribution in [0.1, 0.15) is 33.6 Å². The molecule has 0 aliphatic rings. The number of amides is 2. The van der Waals surface area contributed by atoms with Gasteiger partial charge in [-0.15, -0.1) is 6.58 Å². The predicted molar refractivity (Wildman–Crippen MR) is 96.8 cm³/mol. The van der Waals surface area contributed by atoms with Gasteiger partial charge in [0, 0.05) is 26.3 Å². The van der Waals surface area contributed by atoms with Crippen LogP contribution in [-0.2, 0) is 4.79 Å². The van der Waals surface area contributed by atoms with Crippen LogP contribution in [0.2, 0.25) is 0 Å². The highest BCUT2D eigenvalue weighted by Gasteiger charge is 2.28. The van der Waals surface area contributed by atoms with Gasteiger partial charge in [-0.3, -0.25) is 14.4 Å². The maximum Gasteiger partial charge on any atom is 0.255 e. The van der Waals surface area contributed by atoms with Gasteiger partial charge in [0.15, 0.2) is 6.29 Å². The molecule has 7 heteroatoms. The van der Waals surface area contributed by atoms with Gasteiger partial charge in [0.1, 0.15) is 6.04 Å². The summed E-state index contributed by atoms with van der Waals surface area (Å²) < 4.78 is 0. The molecule has 2 amide bonds. The molecule has 1 aromatic rings. The molecule has 1 aromatic carbocycles. The highest BCUT2D eigenvalue weighted by molar-refractivity contribution is 6.05. The van der Waals surface area contributed by atoms with Gasteiger partial charge in [-0.2, -0.15) is 0 Å². The van der Waals surface area contributed by atoms with Crippen LogP contribution < -0.4 is 10.6 Å². The van der Waals surface area contributed by atoms with Gasteiger partial charge in [-0.1, -0.05) is 12.1 Å². The number of carbonyl (C=O) groups excluding carboxylic acids is 3. The Morgan fingerprint density at radius 3 is 2.68 bits per heavy atom. The van der Waals surface area contributed by atoms with Crippen LogP contribution in [0.3, 0.4) is 0 Å². The van der Waals surface area contributed by atoms with E-state index in [9.17, 15) is 14.4 Å². The van der Waals surface area contributed by atoms with E-state index in [1.54, 1.807) is 24.3 Å². The average molecular weight is 347 g/mol. The van der Waals surface area contributed by atoms with Gasteiger partial charge in [0.2, 0.25) is 5.91 Å². The molecule has 0 saturated heterocycles. The van der Waals surface area contributed by atoms with Gasteiger partial charge in [0.05, 0.1) is 17.7 Å². The Morgan fingerprint density at radius 2 is 2.12 bits per heavy atom. The molecular weight excluding hydrogens is 322 g/mol. The summed E-state index contributed by atoms with van der Waals surface area (Å²) in [6.45, 7) is 3.80. The summed E-state index contributed by atoms with van der Waals surface area (Å²) >= 11 is 0. The summed E-state index contributed by atoms with van der Waals surface area (Å²) in [5.41, 5.74) is 0.867. The number of nitrogens with one attached hydrogen (secondary N) is 2. The van der Waals surface area contributed by atoms with Crippen molar-refractivity contribution in [3.05, 3.63) is 42.0 Å². The second kappa shape index (κ2) is 10.2. The molecule has 3 N–H and O–H groups in total. The number of anilines is 1. The Balaban J connectivity index is 3.16. The fraction of sp³-hybridized carbons (Fsp3) is 0.389. The molecule has 136 valence electrons. The van der Waals surface area contributed by atoms with Crippen LogP contribution in [0.15, 0.2) is 30.9 Å². The lowest BCUT2D eigenvalue weighted by Gasteiger charge is -2.27. The monoisotopic (exact) mass is 347 g/mol. The number of rotatable bonds is 10. The summed E-state index contributed by atoms with van der Waals surface area (Å²) in [7, 11) is 3.05. The van der Waals surface area contributed by atoms with Crippen molar-refractivity contribution >= 4 is 23.8 Å². The minimum absolute atomic E-state index is 0.101. The molecule has 1 unspecified atom stereocenters. The molecule has 0 aliphatic heterocycles. The van der Waals surface area contributed by atoms with Crippen LogP contribution in [0, 0.1) is 0 Å². The molecule has 0 heterocycles. The standard InChI is InChI=1S/C18H25N3O4/c1-4-5-9-16(17(24)19-2)21(3)18(25)13-7-6-8-15(14(13)12-23)20-10-11-22/h4,6-8,12,16,20,22H,1,5,9-11H2,2-3H3,(H,19,24). The smallest absolute Gasteiger partial charge is 0.255 e.